The molecular weight excluding hydrogens is 419 g/mol. The molecule has 3 rings (SSSR count). The van der Waals surface area contributed by atoms with Crippen LogP contribution in [-0.4, -0.2) is 58.7 Å². The number of carbonyl (C=O) groups is 1. The van der Waals surface area contributed by atoms with Gasteiger partial charge in [0.2, 0.25) is 0 Å². The van der Waals surface area contributed by atoms with Crippen LogP contribution in [0.3, 0.4) is 0 Å². The van der Waals surface area contributed by atoms with Crippen molar-refractivity contribution >= 4 is 17.5 Å². The number of hydrogen-bond acceptors (Lipinski definition) is 4. The van der Waals surface area contributed by atoms with Crippen LogP contribution in [0.25, 0.3) is 0 Å². The second kappa shape index (κ2) is 10.9. The Morgan fingerprint density at radius 2 is 1.87 bits per heavy atom. The van der Waals surface area contributed by atoms with Crippen LogP contribution in [0.1, 0.15) is 32.3 Å². The maximum absolute atomic E-state index is 13.3. The molecule has 1 saturated heterocycles. The Labute approximate surface area is 188 Å². The summed E-state index contributed by atoms with van der Waals surface area (Å²) in [6.07, 6.45) is 0.957. The average molecular weight is 449 g/mol. The first-order chi connectivity index (χ1) is 14.9. The van der Waals surface area contributed by atoms with Crippen LogP contribution >= 0.6 is 11.6 Å². The van der Waals surface area contributed by atoms with Crippen molar-refractivity contribution in [1.82, 2.24) is 9.80 Å². The lowest BCUT2D eigenvalue weighted by Gasteiger charge is -2.47. The molecular formula is C24H30ClFN2O3. The Kier molecular flexibility index (Phi) is 8.29. The van der Waals surface area contributed by atoms with Crippen LogP contribution in [0.15, 0.2) is 48.5 Å². The van der Waals surface area contributed by atoms with Gasteiger partial charge in [-0.2, -0.15) is 0 Å². The number of ether oxygens (including phenoxy) is 1. The van der Waals surface area contributed by atoms with E-state index in [9.17, 15) is 14.3 Å². The first kappa shape index (κ1) is 23.5. The van der Waals surface area contributed by atoms with E-state index in [1.165, 1.54) is 12.1 Å². The van der Waals surface area contributed by atoms with E-state index in [1.807, 2.05) is 13.8 Å². The molecule has 1 N–H and O–H groups in total. The molecule has 31 heavy (non-hydrogen) atoms. The molecule has 1 heterocycles. The highest BCUT2D eigenvalue weighted by molar-refractivity contribution is 6.30. The van der Waals surface area contributed by atoms with Crippen molar-refractivity contribution < 1.29 is 19.0 Å². The summed E-state index contributed by atoms with van der Waals surface area (Å²) in [4.78, 5) is 16.9. The molecule has 1 aliphatic rings. The molecule has 5 nitrogen and oxygen atoms in total. The molecule has 1 fully saturated rings. The molecule has 0 spiro atoms. The molecule has 0 saturated carbocycles. The van der Waals surface area contributed by atoms with Gasteiger partial charge in [0.05, 0.1) is 12.1 Å². The zero-order valence-electron chi connectivity index (χ0n) is 18.0. The number of benzene rings is 2. The molecule has 1 aliphatic heterocycles. The van der Waals surface area contributed by atoms with Gasteiger partial charge in [-0.3, -0.25) is 9.69 Å². The highest BCUT2D eigenvalue weighted by atomic mass is 35.5. The van der Waals surface area contributed by atoms with E-state index in [2.05, 4.69) is 4.90 Å². The highest BCUT2D eigenvalue weighted by Crippen LogP contribution is 2.23. The quantitative estimate of drug-likeness (QED) is 0.660. The fraction of sp³-hybridized carbons (Fsp3) is 0.458. The molecule has 168 valence electrons. The van der Waals surface area contributed by atoms with Gasteiger partial charge >= 0.3 is 0 Å². The number of piperazine rings is 1. The van der Waals surface area contributed by atoms with E-state index in [-0.39, 0.29) is 30.4 Å². The standard InChI is InChI=1S/C24H30ClFN2O3/c1-3-4-23(29)22-15-28(24(30)16-31-21-11-7-19(25)8-12-21)17(2)13-27(22)14-18-5-9-20(26)10-6-18/h5-12,17,22-23,29H,3-4,13-16H2,1-2H3. The SMILES string of the molecule is CCCC(O)C1CN(C(=O)COc2ccc(Cl)cc2)C(C)CN1Cc1ccc(F)cc1. The summed E-state index contributed by atoms with van der Waals surface area (Å²) in [5.74, 6) is 0.205. The fourth-order valence-corrected chi connectivity index (χ4v) is 4.16. The smallest absolute Gasteiger partial charge is 0.260 e. The molecule has 0 aromatic heterocycles. The summed E-state index contributed by atoms with van der Waals surface area (Å²) in [5.41, 5.74) is 0.980. The zero-order chi connectivity index (χ0) is 22.4. The third-order valence-electron chi connectivity index (χ3n) is 5.71. The molecule has 1 amide bonds. The first-order valence-corrected chi connectivity index (χ1v) is 11.1. The largest absolute Gasteiger partial charge is 0.484 e. The van der Waals surface area contributed by atoms with E-state index >= 15 is 0 Å². The lowest BCUT2D eigenvalue weighted by atomic mass is 9.98. The molecule has 0 bridgehead atoms. The second-order valence-corrected chi connectivity index (χ2v) is 8.55. The average Bonchev–Trinajstić information content (AvgIpc) is 2.75. The van der Waals surface area contributed by atoms with E-state index in [1.54, 1.807) is 41.3 Å². The monoisotopic (exact) mass is 448 g/mol. The predicted molar refractivity (Wildman–Crippen MR) is 120 cm³/mol. The van der Waals surface area contributed by atoms with Crippen LogP contribution in [0.2, 0.25) is 5.02 Å². The normalized spacial score (nSPS) is 20.5. The van der Waals surface area contributed by atoms with Crippen molar-refractivity contribution in [2.45, 2.75) is 51.4 Å². The Morgan fingerprint density at radius 1 is 1.19 bits per heavy atom. The minimum atomic E-state index is -0.551. The van der Waals surface area contributed by atoms with Crippen molar-refractivity contribution in [3.8, 4) is 5.75 Å². The van der Waals surface area contributed by atoms with Crippen LogP contribution in [0, 0.1) is 5.82 Å². The van der Waals surface area contributed by atoms with E-state index in [0.717, 1.165) is 12.0 Å². The van der Waals surface area contributed by atoms with Gasteiger partial charge in [-0.25, -0.2) is 4.39 Å². The van der Waals surface area contributed by atoms with Crippen LogP contribution in [0.5, 0.6) is 5.75 Å². The Bertz CT molecular complexity index is 847. The summed E-state index contributed by atoms with van der Waals surface area (Å²) in [6, 6.07) is 13.1. The van der Waals surface area contributed by atoms with Gasteiger partial charge in [-0.05, 0) is 55.3 Å². The molecule has 7 heteroatoms. The second-order valence-electron chi connectivity index (χ2n) is 8.12. The van der Waals surface area contributed by atoms with Crippen molar-refractivity contribution in [3.05, 3.63) is 64.9 Å². The van der Waals surface area contributed by atoms with Crippen molar-refractivity contribution in [3.63, 3.8) is 0 Å². The van der Waals surface area contributed by atoms with Gasteiger partial charge in [-0.15, -0.1) is 0 Å². The number of halogens is 2. The summed E-state index contributed by atoms with van der Waals surface area (Å²) in [5, 5.41) is 11.4. The van der Waals surface area contributed by atoms with Crippen LogP contribution in [0.4, 0.5) is 4.39 Å². The van der Waals surface area contributed by atoms with Crippen molar-refractivity contribution in [2.75, 3.05) is 19.7 Å². The molecule has 2 aromatic carbocycles. The van der Waals surface area contributed by atoms with E-state index in [4.69, 9.17) is 16.3 Å². The van der Waals surface area contributed by atoms with Gasteiger partial charge in [0.25, 0.3) is 5.91 Å². The number of aliphatic hydroxyl groups excluding tert-OH is 1. The third kappa shape index (κ3) is 6.42. The summed E-state index contributed by atoms with van der Waals surface area (Å²) >= 11 is 5.89. The van der Waals surface area contributed by atoms with Gasteiger partial charge in [0, 0.05) is 30.7 Å². The lowest BCUT2D eigenvalue weighted by Crippen LogP contribution is -2.62. The number of hydrogen-bond donors (Lipinski definition) is 1. The van der Waals surface area contributed by atoms with E-state index in [0.29, 0.717) is 36.8 Å². The molecule has 3 unspecified atom stereocenters. The predicted octanol–water partition coefficient (Wildman–Crippen LogP) is 4.12. The third-order valence-corrected chi connectivity index (χ3v) is 5.96. The Hall–Kier alpha value is -2.15. The number of aliphatic hydroxyl groups is 1. The highest BCUT2D eigenvalue weighted by Gasteiger charge is 2.37. The number of carbonyl (C=O) groups excluding carboxylic acids is 1. The maximum Gasteiger partial charge on any atom is 0.260 e. The molecule has 2 aromatic rings. The van der Waals surface area contributed by atoms with Gasteiger partial charge in [0.15, 0.2) is 6.61 Å². The minimum absolute atomic E-state index is 0.0353. The number of nitrogens with zero attached hydrogens (tertiary/aromatic N) is 2. The maximum atomic E-state index is 13.3. The molecule has 0 radical (unpaired) electrons. The lowest BCUT2D eigenvalue weighted by molar-refractivity contribution is -0.142. The number of rotatable bonds is 8. The molecule has 3 atom stereocenters. The van der Waals surface area contributed by atoms with Gasteiger partial charge in [-0.1, -0.05) is 37.1 Å². The Morgan fingerprint density at radius 3 is 2.52 bits per heavy atom. The van der Waals surface area contributed by atoms with E-state index < -0.39 is 6.10 Å². The molecule has 0 aliphatic carbocycles. The first-order valence-electron chi connectivity index (χ1n) is 10.7. The summed E-state index contributed by atoms with van der Waals surface area (Å²) in [6.45, 7) is 5.60. The van der Waals surface area contributed by atoms with Crippen LogP contribution in [-0.2, 0) is 11.3 Å². The summed E-state index contributed by atoms with van der Waals surface area (Å²) < 4.78 is 18.9. The van der Waals surface area contributed by atoms with Crippen molar-refractivity contribution in [2.24, 2.45) is 0 Å². The van der Waals surface area contributed by atoms with Crippen molar-refractivity contribution in [1.29, 1.82) is 0 Å². The van der Waals surface area contributed by atoms with Crippen LogP contribution < -0.4 is 4.74 Å². The van der Waals surface area contributed by atoms with Gasteiger partial charge < -0.3 is 14.7 Å². The topological polar surface area (TPSA) is 53.0 Å². The summed E-state index contributed by atoms with van der Waals surface area (Å²) in [7, 11) is 0. The zero-order valence-corrected chi connectivity index (χ0v) is 18.8. The number of amides is 1. The Balaban J connectivity index is 1.68. The minimum Gasteiger partial charge on any atom is -0.484 e. The fourth-order valence-electron chi connectivity index (χ4n) is 4.04. The van der Waals surface area contributed by atoms with Gasteiger partial charge in [0.1, 0.15) is 11.6 Å².